The minimum absolute atomic E-state index is 0.0516. The Kier molecular flexibility index (Phi) is 5.21. The van der Waals surface area contributed by atoms with Gasteiger partial charge in [-0.25, -0.2) is 0 Å². The number of Topliss-reactive ketones (excluding diaryl/α,β-unsaturated/α-hetero) is 1. The number of nitriles is 1. The smallest absolute Gasteiger partial charge is 0.182 e. The van der Waals surface area contributed by atoms with Crippen molar-refractivity contribution in [1.82, 2.24) is 0 Å². The maximum absolute atomic E-state index is 12.3. The van der Waals surface area contributed by atoms with Crippen molar-refractivity contribution in [2.75, 3.05) is 7.11 Å². The van der Waals surface area contributed by atoms with Crippen molar-refractivity contribution in [2.24, 2.45) is 5.41 Å². The number of hydrogen-bond donors (Lipinski definition) is 0. The number of ketones is 1. The summed E-state index contributed by atoms with van der Waals surface area (Å²) in [6, 6.07) is 6.69. The van der Waals surface area contributed by atoms with Crippen molar-refractivity contribution in [2.45, 2.75) is 20.8 Å². The highest BCUT2D eigenvalue weighted by atomic mass is 35.5. The number of allylic oxidation sites excluding steroid dienone is 1. The molecule has 0 fully saturated rings. The summed E-state index contributed by atoms with van der Waals surface area (Å²) < 4.78 is 5.24. The lowest BCUT2D eigenvalue weighted by atomic mass is 9.85. The Balaban J connectivity index is 3.52. The van der Waals surface area contributed by atoms with Gasteiger partial charge in [0, 0.05) is 16.0 Å². The zero-order chi connectivity index (χ0) is 15.5. The van der Waals surface area contributed by atoms with E-state index >= 15 is 0 Å². The molecule has 0 spiro atoms. The predicted octanol–water partition coefficient (Wildman–Crippen LogP) is 4.49. The van der Waals surface area contributed by atoms with Gasteiger partial charge in [-0.2, -0.15) is 5.26 Å². The van der Waals surface area contributed by atoms with Gasteiger partial charge in [0.05, 0.1) is 12.1 Å². The van der Waals surface area contributed by atoms with E-state index in [9.17, 15) is 10.1 Å². The molecule has 0 N–H and O–H groups in total. The molecule has 0 radical (unpaired) electrons. The molecular weight excluding hydrogens is 297 g/mol. The Bertz CT molecular complexity index is 607. The number of methoxy groups -OCH3 is 1. The van der Waals surface area contributed by atoms with Gasteiger partial charge >= 0.3 is 0 Å². The summed E-state index contributed by atoms with van der Waals surface area (Å²) >= 11 is 11.9. The summed E-state index contributed by atoms with van der Waals surface area (Å²) in [5.74, 6) is -0.142. The van der Waals surface area contributed by atoms with Crippen LogP contribution in [0.15, 0.2) is 23.8 Å². The van der Waals surface area contributed by atoms with Crippen LogP contribution >= 0.6 is 23.2 Å². The number of halogens is 2. The topological polar surface area (TPSA) is 50.1 Å². The van der Waals surface area contributed by atoms with Gasteiger partial charge < -0.3 is 4.74 Å². The van der Waals surface area contributed by atoms with E-state index in [0.29, 0.717) is 15.6 Å². The summed E-state index contributed by atoms with van der Waals surface area (Å²) in [6.07, 6.45) is 0. The van der Waals surface area contributed by atoms with Crippen molar-refractivity contribution in [3.05, 3.63) is 39.4 Å². The Morgan fingerprint density at radius 3 is 2.30 bits per heavy atom. The molecule has 0 aliphatic heterocycles. The van der Waals surface area contributed by atoms with E-state index < -0.39 is 5.41 Å². The fraction of sp³-hybridized carbons (Fsp3) is 0.333. The lowest BCUT2D eigenvalue weighted by Crippen LogP contribution is -2.22. The van der Waals surface area contributed by atoms with E-state index in [1.807, 2.05) is 6.07 Å². The van der Waals surface area contributed by atoms with Crippen LogP contribution < -0.4 is 0 Å². The first-order valence-electron chi connectivity index (χ1n) is 5.91. The molecule has 1 aromatic rings. The number of carbonyl (C=O) groups excluding carboxylic acids is 1. The van der Waals surface area contributed by atoms with E-state index in [1.54, 1.807) is 32.9 Å². The molecule has 1 aromatic carbocycles. The van der Waals surface area contributed by atoms with Crippen LogP contribution in [-0.4, -0.2) is 12.9 Å². The normalized spacial score (nSPS) is 12.4. The fourth-order valence-electron chi connectivity index (χ4n) is 1.60. The molecule has 20 heavy (non-hydrogen) atoms. The highest BCUT2D eigenvalue weighted by Gasteiger charge is 2.29. The first-order chi connectivity index (χ1) is 9.22. The summed E-state index contributed by atoms with van der Waals surface area (Å²) in [5, 5.41) is 10.1. The molecule has 3 nitrogen and oxygen atoms in total. The molecule has 5 heteroatoms. The first kappa shape index (κ1) is 16.6. The second-order valence-corrected chi connectivity index (χ2v) is 6.07. The minimum atomic E-state index is -0.687. The lowest BCUT2D eigenvalue weighted by Gasteiger charge is -2.18. The Morgan fingerprint density at radius 2 is 1.90 bits per heavy atom. The predicted molar refractivity (Wildman–Crippen MR) is 80.5 cm³/mol. The molecule has 0 saturated carbocycles. The third-order valence-electron chi connectivity index (χ3n) is 2.63. The standard InChI is InChI=1S/C15H15Cl2NO2/c1-15(2,3)14(19)11(8-18)13(20-4)10-6-5-9(16)7-12(10)17/h5-7H,1-4H3. The zero-order valence-corrected chi connectivity index (χ0v) is 13.3. The number of benzene rings is 1. The first-order valence-corrected chi connectivity index (χ1v) is 6.66. The second-order valence-electron chi connectivity index (χ2n) is 5.22. The Hall–Kier alpha value is -1.50. The largest absolute Gasteiger partial charge is 0.495 e. The number of carbonyl (C=O) groups is 1. The van der Waals surface area contributed by atoms with E-state index in [4.69, 9.17) is 27.9 Å². The van der Waals surface area contributed by atoms with Gasteiger partial charge in [0.1, 0.15) is 17.4 Å². The van der Waals surface area contributed by atoms with Crippen LogP contribution in [0.25, 0.3) is 5.76 Å². The van der Waals surface area contributed by atoms with Crippen LogP contribution in [0.5, 0.6) is 0 Å². The van der Waals surface area contributed by atoms with Crippen LogP contribution in [0.3, 0.4) is 0 Å². The number of nitrogens with zero attached hydrogens (tertiary/aromatic N) is 1. The second kappa shape index (κ2) is 6.30. The molecule has 0 atom stereocenters. The summed E-state index contributed by atoms with van der Waals surface area (Å²) in [6.45, 7) is 5.22. The van der Waals surface area contributed by atoms with Gasteiger partial charge in [-0.1, -0.05) is 44.0 Å². The third-order valence-corrected chi connectivity index (χ3v) is 3.17. The van der Waals surface area contributed by atoms with Gasteiger partial charge in [-0.3, -0.25) is 4.79 Å². The molecule has 0 unspecified atom stereocenters. The molecule has 0 amide bonds. The van der Waals surface area contributed by atoms with Gasteiger partial charge in [0.2, 0.25) is 0 Å². The van der Waals surface area contributed by atoms with Crippen LogP contribution in [0.1, 0.15) is 26.3 Å². The van der Waals surface area contributed by atoms with Gasteiger partial charge in [-0.15, -0.1) is 0 Å². The lowest BCUT2D eigenvalue weighted by molar-refractivity contribution is -0.122. The van der Waals surface area contributed by atoms with E-state index in [2.05, 4.69) is 0 Å². The maximum atomic E-state index is 12.3. The van der Waals surface area contributed by atoms with Gasteiger partial charge in [0.15, 0.2) is 5.78 Å². The van der Waals surface area contributed by atoms with Crippen molar-refractivity contribution < 1.29 is 9.53 Å². The quantitative estimate of drug-likeness (QED) is 0.469. The summed E-state index contributed by atoms with van der Waals surface area (Å²) in [7, 11) is 1.40. The molecule has 1 rings (SSSR count). The molecule has 0 aliphatic rings. The summed E-state index contributed by atoms with van der Waals surface area (Å²) in [4.78, 5) is 12.3. The molecule has 0 aliphatic carbocycles. The monoisotopic (exact) mass is 311 g/mol. The van der Waals surface area contributed by atoms with Crippen LogP contribution in [-0.2, 0) is 9.53 Å². The van der Waals surface area contributed by atoms with Crippen LogP contribution in [0.4, 0.5) is 0 Å². The van der Waals surface area contributed by atoms with Gasteiger partial charge in [0.25, 0.3) is 0 Å². The third kappa shape index (κ3) is 3.53. The number of ether oxygens (including phenoxy) is 1. The van der Waals surface area contributed by atoms with Crippen LogP contribution in [0.2, 0.25) is 10.0 Å². The highest BCUT2D eigenvalue weighted by molar-refractivity contribution is 6.35. The number of hydrogen-bond acceptors (Lipinski definition) is 3. The zero-order valence-electron chi connectivity index (χ0n) is 11.8. The van der Waals surface area contributed by atoms with Crippen LogP contribution in [0, 0.1) is 16.7 Å². The maximum Gasteiger partial charge on any atom is 0.182 e. The SMILES string of the molecule is COC(=C(C#N)C(=O)C(C)(C)C)c1ccc(Cl)cc1Cl. The highest BCUT2D eigenvalue weighted by Crippen LogP contribution is 2.32. The Morgan fingerprint density at radius 1 is 1.30 bits per heavy atom. The summed E-state index contributed by atoms with van der Waals surface area (Å²) in [5.41, 5.74) is -0.273. The molecule has 0 aromatic heterocycles. The minimum Gasteiger partial charge on any atom is -0.495 e. The van der Waals surface area contributed by atoms with Crippen molar-refractivity contribution in [3.8, 4) is 6.07 Å². The molecule has 0 heterocycles. The van der Waals surface area contributed by atoms with E-state index in [0.717, 1.165) is 0 Å². The van der Waals surface area contributed by atoms with E-state index in [1.165, 1.54) is 13.2 Å². The average molecular weight is 312 g/mol. The Labute approximate surface area is 128 Å². The molecular formula is C15H15Cl2NO2. The van der Waals surface area contributed by atoms with Crippen molar-refractivity contribution >= 4 is 34.7 Å². The van der Waals surface area contributed by atoms with Crippen molar-refractivity contribution in [3.63, 3.8) is 0 Å². The number of rotatable bonds is 3. The van der Waals surface area contributed by atoms with Gasteiger partial charge in [-0.05, 0) is 18.2 Å². The fourth-order valence-corrected chi connectivity index (χ4v) is 2.09. The molecule has 106 valence electrons. The molecule has 0 saturated heterocycles. The average Bonchev–Trinajstić information content (AvgIpc) is 2.35. The molecule has 0 bridgehead atoms. The van der Waals surface area contributed by atoms with E-state index in [-0.39, 0.29) is 17.1 Å². The van der Waals surface area contributed by atoms with Crippen molar-refractivity contribution in [1.29, 1.82) is 5.26 Å².